The van der Waals surface area contributed by atoms with Crippen LogP contribution in [0.25, 0.3) is 27.8 Å². The quantitative estimate of drug-likeness (QED) is 0.555. The van der Waals surface area contributed by atoms with E-state index >= 15 is 0 Å². The summed E-state index contributed by atoms with van der Waals surface area (Å²) in [6.07, 6.45) is 2.26. The van der Waals surface area contributed by atoms with E-state index in [1.807, 2.05) is 12.1 Å². The zero-order valence-electron chi connectivity index (χ0n) is 14.9. The van der Waals surface area contributed by atoms with Crippen LogP contribution in [0, 0.1) is 5.82 Å². The van der Waals surface area contributed by atoms with Crippen molar-refractivity contribution < 1.29 is 9.13 Å². The van der Waals surface area contributed by atoms with Crippen LogP contribution < -0.4 is 5.32 Å². The molecule has 142 valence electrons. The minimum atomic E-state index is -0.331. The number of halogens is 2. The van der Waals surface area contributed by atoms with Crippen LogP contribution in [0.2, 0.25) is 5.02 Å². The number of nitrogens with zero attached hydrogens (tertiary/aromatic N) is 4. The van der Waals surface area contributed by atoms with Crippen molar-refractivity contribution in [2.24, 2.45) is 0 Å². The van der Waals surface area contributed by atoms with Crippen LogP contribution in [0.3, 0.4) is 0 Å². The fraction of sp³-hybridized carbons (Fsp3) is 0.250. The second-order valence-corrected chi connectivity index (χ2v) is 7.26. The lowest BCUT2D eigenvalue weighted by molar-refractivity contribution is 0.120. The third-order valence-corrected chi connectivity index (χ3v) is 5.16. The number of anilines is 1. The van der Waals surface area contributed by atoms with Gasteiger partial charge in [-0.25, -0.2) is 9.37 Å². The van der Waals surface area contributed by atoms with E-state index in [0.717, 1.165) is 30.4 Å². The zero-order valence-corrected chi connectivity index (χ0v) is 15.7. The van der Waals surface area contributed by atoms with Gasteiger partial charge in [-0.1, -0.05) is 28.9 Å². The Bertz CT molecular complexity index is 1170. The normalized spacial score (nSPS) is 16.9. The predicted molar refractivity (Wildman–Crippen MR) is 106 cm³/mol. The number of hydrogen-bond donors (Lipinski definition) is 1. The van der Waals surface area contributed by atoms with Crippen LogP contribution in [-0.4, -0.2) is 39.1 Å². The number of ether oxygens (including phenoxy) is 1. The zero-order chi connectivity index (χ0) is 19.1. The third-order valence-electron chi connectivity index (χ3n) is 4.93. The van der Waals surface area contributed by atoms with Gasteiger partial charge in [0.25, 0.3) is 0 Å². The number of fused-ring (bicyclic) bond motifs is 3. The van der Waals surface area contributed by atoms with Gasteiger partial charge in [-0.3, -0.25) is 0 Å². The highest BCUT2D eigenvalue weighted by Gasteiger charge is 2.19. The van der Waals surface area contributed by atoms with Crippen LogP contribution in [0.4, 0.5) is 10.2 Å². The Morgan fingerprint density at radius 3 is 3.00 bits per heavy atom. The summed E-state index contributed by atoms with van der Waals surface area (Å²) < 4.78 is 21.1. The summed E-state index contributed by atoms with van der Waals surface area (Å²) in [5, 5.41) is 13.3. The summed E-state index contributed by atoms with van der Waals surface area (Å²) in [6, 6.07) is 11.8. The SMILES string of the molecule is Fc1cccc(-c2nnn3c2nc(NCC2CCCO2)c2cc(Cl)ccc23)c1. The average Bonchev–Trinajstić information content (AvgIpc) is 3.35. The minimum Gasteiger partial charge on any atom is -0.376 e. The van der Waals surface area contributed by atoms with Crippen molar-refractivity contribution in [1.82, 2.24) is 19.8 Å². The first-order valence-electron chi connectivity index (χ1n) is 9.15. The highest BCUT2D eigenvalue weighted by atomic mass is 35.5. The third kappa shape index (κ3) is 3.06. The van der Waals surface area contributed by atoms with Crippen molar-refractivity contribution in [3.8, 4) is 11.3 Å². The maximum atomic E-state index is 13.7. The molecule has 0 spiro atoms. The lowest BCUT2D eigenvalue weighted by Gasteiger charge is -2.14. The van der Waals surface area contributed by atoms with Crippen molar-refractivity contribution in [3.05, 3.63) is 53.3 Å². The molecule has 2 aromatic carbocycles. The molecule has 2 aromatic heterocycles. The van der Waals surface area contributed by atoms with E-state index in [9.17, 15) is 4.39 Å². The maximum Gasteiger partial charge on any atom is 0.186 e. The lowest BCUT2D eigenvalue weighted by Crippen LogP contribution is -2.19. The molecule has 1 unspecified atom stereocenters. The Kier molecular flexibility index (Phi) is 4.33. The summed E-state index contributed by atoms with van der Waals surface area (Å²) in [5.74, 6) is 0.350. The lowest BCUT2D eigenvalue weighted by atomic mass is 10.1. The largest absolute Gasteiger partial charge is 0.376 e. The first-order valence-corrected chi connectivity index (χ1v) is 9.53. The van der Waals surface area contributed by atoms with Crippen LogP contribution >= 0.6 is 11.6 Å². The molecule has 5 rings (SSSR count). The van der Waals surface area contributed by atoms with E-state index in [1.165, 1.54) is 12.1 Å². The van der Waals surface area contributed by atoms with E-state index in [-0.39, 0.29) is 11.9 Å². The molecule has 0 saturated carbocycles. The van der Waals surface area contributed by atoms with Gasteiger partial charge in [0.1, 0.15) is 17.3 Å². The van der Waals surface area contributed by atoms with Crippen molar-refractivity contribution in [2.45, 2.75) is 18.9 Å². The summed E-state index contributed by atoms with van der Waals surface area (Å²) >= 11 is 6.22. The molecule has 0 bridgehead atoms. The molecule has 1 N–H and O–H groups in total. The number of hydrogen-bond acceptors (Lipinski definition) is 5. The van der Waals surface area contributed by atoms with Crippen molar-refractivity contribution >= 4 is 34.0 Å². The number of nitrogens with one attached hydrogen (secondary N) is 1. The molecule has 8 heteroatoms. The smallest absolute Gasteiger partial charge is 0.186 e. The van der Waals surface area contributed by atoms with Gasteiger partial charge in [0.15, 0.2) is 5.65 Å². The molecular formula is C20H17ClFN5O. The van der Waals surface area contributed by atoms with Crippen LogP contribution in [0.5, 0.6) is 0 Å². The molecule has 1 fully saturated rings. The first-order chi connectivity index (χ1) is 13.7. The van der Waals surface area contributed by atoms with Crippen molar-refractivity contribution in [3.63, 3.8) is 0 Å². The van der Waals surface area contributed by atoms with E-state index in [4.69, 9.17) is 21.3 Å². The Morgan fingerprint density at radius 2 is 2.18 bits per heavy atom. The molecule has 6 nitrogen and oxygen atoms in total. The highest BCUT2D eigenvalue weighted by Crippen LogP contribution is 2.30. The van der Waals surface area contributed by atoms with E-state index in [2.05, 4.69) is 15.6 Å². The fourth-order valence-corrected chi connectivity index (χ4v) is 3.73. The van der Waals surface area contributed by atoms with Gasteiger partial charge in [0.05, 0.1) is 11.6 Å². The van der Waals surface area contributed by atoms with E-state index < -0.39 is 0 Å². The highest BCUT2D eigenvalue weighted by molar-refractivity contribution is 6.31. The number of benzene rings is 2. The Balaban J connectivity index is 1.66. The molecule has 1 aliphatic rings. The standard InChI is InChI=1S/C20H17ClFN5O/c21-13-6-7-17-16(10-13)19(23-11-15-5-2-8-28-15)24-20-18(25-26-27(17)20)12-3-1-4-14(22)9-12/h1,3-4,6-7,9-10,15H,2,5,8,11H2,(H,23,24). The second kappa shape index (κ2) is 7.00. The summed E-state index contributed by atoms with van der Waals surface area (Å²) in [7, 11) is 0. The number of aromatic nitrogens is 4. The van der Waals surface area contributed by atoms with Gasteiger partial charge in [0, 0.05) is 29.1 Å². The van der Waals surface area contributed by atoms with Gasteiger partial charge >= 0.3 is 0 Å². The second-order valence-electron chi connectivity index (χ2n) is 6.82. The van der Waals surface area contributed by atoms with E-state index in [0.29, 0.717) is 34.3 Å². The van der Waals surface area contributed by atoms with Gasteiger partial charge in [-0.15, -0.1) is 5.10 Å². The minimum absolute atomic E-state index is 0.165. The first kappa shape index (κ1) is 17.3. The molecule has 28 heavy (non-hydrogen) atoms. The molecule has 1 atom stereocenters. The fourth-order valence-electron chi connectivity index (χ4n) is 3.56. The van der Waals surface area contributed by atoms with Crippen molar-refractivity contribution in [2.75, 3.05) is 18.5 Å². The molecule has 4 aromatic rings. The van der Waals surface area contributed by atoms with Crippen molar-refractivity contribution in [1.29, 1.82) is 0 Å². The summed E-state index contributed by atoms with van der Waals surface area (Å²) in [5.41, 5.74) is 2.52. The summed E-state index contributed by atoms with van der Waals surface area (Å²) in [6.45, 7) is 1.45. The molecule has 0 aliphatic carbocycles. The molecule has 0 radical (unpaired) electrons. The van der Waals surface area contributed by atoms with Gasteiger partial charge < -0.3 is 10.1 Å². The van der Waals surface area contributed by atoms with Gasteiger partial charge in [-0.05, 0) is 43.2 Å². The van der Waals surface area contributed by atoms with E-state index in [1.54, 1.807) is 22.7 Å². The summed E-state index contributed by atoms with van der Waals surface area (Å²) in [4.78, 5) is 4.76. The Morgan fingerprint density at radius 1 is 1.25 bits per heavy atom. The average molecular weight is 398 g/mol. The maximum absolute atomic E-state index is 13.7. The topological polar surface area (TPSA) is 64.3 Å². The molecule has 1 saturated heterocycles. The molecule has 1 aliphatic heterocycles. The Labute approximate surface area is 165 Å². The predicted octanol–water partition coefficient (Wildman–Crippen LogP) is 4.33. The van der Waals surface area contributed by atoms with Crippen LogP contribution in [-0.2, 0) is 4.74 Å². The Hall–Kier alpha value is -2.77. The van der Waals surface area contributed by atoms with Crippen LogP contribution in [0.15, 0.2) is 42.5 Å². The molecular weight excluding hydrogens is 381 g/mol. The monoisotopic (exact) mass is 397 g/mol. The van der Waals surface area contributed by atoms with Gasteiger partial charge in [0.2, 0.25) is 0 Å². The number of rotatable bonds is 4. The van der Waals surface area contributed by atoms with Crippen LogP contribution in [0.1, 0.15) is 12.8 Å². The van der Waals surface area contributed by atoms with Gasteiger partial charge in [-0.2, -0.15) is 4.52 Å². The molecule has 3 heterocycles. The molecule has 0 amide bonds.